The second-order valence-electron chi connectivity index (χ2n) is 5.09. The number of benzene rings is 3. The van der Waals surface area contributed by atoms with Gasteiger partial charge in [-0.3, -0.25) is 4.79 Å². The molecule has 0 aliphatic carbocycles. The van der Waals surface area contributed by atoms with Gasteiger partial charge in [-0.05, 0) is 48.9 Å². The van der Waals surface area contributed by atoms with E-state index < -0.39 is 0 Å². The number of rotatable bonds is 4. The van der Waals surface area contributed by atoms with Crippen LogP contribution in [0.1, 0.15) is 15.9 Å². The lowest BCUT2D eigenvalue weighted by Gasteiger charge is -2.09. The minimum Gasteiger partial charge on any atom is -0.457 e. The van der Waals surface area contributed by atoms with Crippen LogP contribution in [0.2, 0.25) is 0 Å². The molecule has 0 bridgehead atoms. The van der Waals surface area contributed by atoms with Gasteiger partial charge >= 0.3 is 0 Å². The van der Waals surface area contributed by atoms with E-state index in [4.69, 9.17) is 4.74 Å². The molecule has 0 saturated carbocycles. The minimum atomic E-state index is -0.165. The fourth-order valence-corrected chi connectivity index (χ4v) is 2.12. The molecule has 3 heteroatoms. The van der Waals surface area contributed by atoms with Gasteiger partial charge in [0, 0.05) is 17.3 Å². The molecule has 3 rings (SSSR count). The molecule has 0 saturated heterocycles. The molecule has 0 aromatic heterocycles. The smallest absolute Gasteiger partial charge is 0.255 e. The molecule has 1 radical (unpaired) electrons. The fourth-order valence-electron chi connectivity index (χ4n) is 2.12. The number of hydrogen-bond donors (Lipinski definition) is 1. The van der Waals surface area contributed by atoms with Gasteiger partial charge < -0.3 is 10.1 Å². The van der Waals surface area contributed by atoms with E-state index in [2.05, 4.69) is 12.2 Å². The molecule has 3 aromatic rings. The van der Waals surface area contributed by atoms with Crippen molar-refractivity contribution in [1.29, 1.82) is 0 Å². The third-order valence-electron chi connectivity index (χ3n) is 3.29. The number of anilines is 1. The maximum Gasteiger partial charge on any atom is 0.255 e. The highest BCUT2D eigenvalue weighted by Gasteiger charge is 2.06. The van der Waals surface area contributed by atoms with Crippen molar-refractivity contribution in [3.05, 3.63) is 96.9 Å². The van der Waals surface area contributed by atoms with Crippen LogP contribution in [0, 0.1) is 6.92 Å². The van der Waals surface area contributed by atoms with E-state index in [-0.39, 0.29) is 5.91 Å². The van der Waals surface area contributed by atoms with Crippen LogP contribution in [0.15, 0.2) is 78.9 Å². The lowest BCUT2D eigenvalue weighted by Crippen LogP contribution is -2.11. The van der Waals surface area contributed by atoms with Gasteiger partial charge in [0.25, 0.3) is 5.91 Å². The van der Waals surface area contributed by atoms with Crippen LogP contribution in [-0.4, -0.2) is 5.91 Å². The van der Waals surface area contributed by atoms with E-state index in [0.29, 0.717) is 17.0 Å². The van der Waals surface area contributed by atoms with Gasteiger partial charge in [-0.1, -0.05) is 36.4 Å². The summed E-state index contributed by atoms with van der Waals surface area (Å²) in [7, 11) is 0. The molecule has 23 heavy (non-hydrogen) atoms. The van der Waals surface area contributed by atoms with Crippen molar-refractivity contribution in [2.45, 2.75) is 0 Å². The Kier molecular flexibility index (Phi) is 4.39. The normalized spacial score (nSPS) is 10.1. The van der Waals surface area contributed by atoms with E-state index in [0.717, 1.165) is 11.3 Å². The summed E-state index contributed by atoms with van der Waals surface area (Å²) in [6.45, 7) is 3.81. The highest BCUT2D eigenvalue weighted by Crippen LogP contribution is 2.24. The van der Waals surface area contributed by atoms with Crippen LogP contribution in [0.4, 0.5) is 5.69 Å². The van der Waals surface area contributed by atoms with Crippen molar-refractivity contribution in [2.24, 2.45) is 0 Å². The maximum absolute atomic E-state index is 12.2. The SMILES string of the molecule is [CH2]c1ccc(C(=O)Nc2cccc(Oc3ccccc3)c2)cc1. The van der Waals surface area contributed by atoms with Gasteiger partial charge in [-0.2, -0.15) is 0 Å². The Hall–Kier alpha value is -3.07. The zero-order chi connectivity index (χ0) is 16.1. The molecule has 3 nitrogen and oxygen atoms in total. The number of carbonyl (C=O) groups is 1. The summed E-state index contributed by atoms with van der Waals surface area (Å²) in [5.41, 5.74) is 2.15. The summed E-state index contributed by atoms with van der Waals surface area (Å²) in [6, 6.07) is 23.9. The highest BCUT2D eigenvalue weighted by molar-refractivity contribution is 6.04. The van der Waals surface area contributed by atoms with Crippen molar-refractivity contribution < 1.29 is 9.53 Å². The Morgan fingerprint density at radius 3 is 2.26 bits per heavy atom. The van der Waals surface area contributed by atoms with E-state index in [1.165, 1.54) is 0 Å². The van der Waals surface area contributed by atoms with Crippen LogP contribution in [0.5, 0.6) is 11.5 Å². The second kappa shape index (κ2) is 6.79. The van der Waals surface area contributed by atoms with Crippen LogP contribution in [-0.2, 0) is 0 Å². The monoisotopic (exact) mass is 302 g/mol. The van der Waals surface area contributed by atoms with E-state index in [1.54, 1.807) is 18.2 Å². The Bertz CT molecular complexity index is 795. The molecular weight excluding hydrogens is 286 g/mol. The third kappa shape index (κ3) is 3.98. The quantitative estimate of drug-likeness (QED) is 0.743. The lowest BCUT2D eigenvalue weighted by atomic mass is 10.1. The summed E-state index contributed by atoms with van der Waals surface area (Å²) in [5, 5.41) is 2.86. The zero-order valence-electron chi connectivity index (χ0n) is 12.5. The van der Waals surface area contributed by atoms with Gasteiger partial charge in [-0.15, -0.1) is 0 Å². The van der Waals surface area contributed by atoms with Crippen LogP contribution >= 0.6 is 0 Å². The Morgan fingerprint density at radius 2 is 1.52 bits per heavy atom. The largest absolute Gasteiger partial charge is 0.457 e. The fraction of sp³-hybridized carbons (Fsp3) is 0. The van der Waals surface area contributed by atoms with Crippen molar-refractivity contribution >= 4 is 11.6 Å². The van der Waals surface area contributed by atoms with Gasteiger partial charge in [0.1, 0.15) is 11.5 Å². The number of para-hydroxylation sites is 1. The summed E-state index contributed by atoms with van der Waals surface area (Å²) in [6.07, 6.45) is 0. The first-order chi connectivity index (χ1) is 11.2. The highest BCUT2D eigenvalue weighted by atomic mass is 16.5. The van der Waals surface area contributed by atoms with Gasteiger partial charge in [-0.25, -0.2) is 0 Å². The summed E-state index contributed by atoms with van der Waals surface area (Å²) < 4.78 is 5.76. The van der Waals surface area contributed by atoms with Gasteiger partial charge in [0.2, 0.25) is 0 Å². The molecule has 1 N–H and O–H groups in total. The number of amides is 1. The number of hydrogen-bond acceptors (Lipinski definition) is 2. The molecule has 3 aromatic carbocycles. The number of nitrogens with one attached hydrogen (secondary N) is 1. The van der Waals surface area contributed by atoms with E-state index in [9.17, 15) is 4.79 Å². The second-order valence-corrected chi connectivity index (χ2v) is 5.09. The summed E-state index contributed by atoms with van der Waals surface area (Å²) in [5.74, 6) is 1.26. The van der Waals surface area contributed by atoms with E-state index >= 15 is 0 Å². The predicted octanol–water partition coefficient (Wildman–Crippen LogP) is 4.91. The average molecular weight is 302 g/mol. The Balaban J connectivity index is 1.72. The third-order valence-corrected chi connectivity index (χ3v) is 3.29. The average Bonchev–Trinajstić information content (AvgIpc) is 2.57. The molecular formula is C20H16NO2. The van der Waals surface area contributed by atoms with E-state index in [1.807, 2.05) is 60.7 Å². The van der Waals surface area contributed by atoms with Crippen molar-refractivity contribution in [1.82, 2.24) is 0 Å². The molecule has 1 amide bonds. The first kappa shape index (κ1) is 14.9. The maximum atomic E-state index is 12.2. The van der Waals surface area contributed by atoms with Crippen molar-refractivity contribution in [3.8, 4) is 11.5 Å². The van der Waals surface area contributed by atoms with Crippen LogP contribution < -0.4 is 10.1 Å². The van der Waals surface area contributed by atoms with Gasteiger partial charge in [0.05, 0.1) is 0 Å². The Labute approximate surface area is 135 Å². The standard InChI is InChI=1S/C20H16NO2/c1-15-10-12-16(13-11-15)20(22)21-17-6-5-9-19(14-17)23-18-7-3-2-4-8-18/h2-14H,1H2,(H,21,22). The molecule has 0 fully saturated rings. The molecule has 0 atom stereocenters. The zero-order valence-corrected chi connectivity index (χ0v) is 12.5. The summed E-state index contributed by atoms with van der Waals surface area (Å²) >= 11 is 0. The summed E-state index contributed by atoms with van der Waals surface area (Å²) in [4.78, 5) is 12.2. The molecule has 0 aliphatic heterocycles. The molecule has 113 valence electrons. The molecule has 0 aliphatic rings. The Morgan fingerprint density at radius 1 is 0.826 bits per heavy atom. The molecule has 0 unspecified atom stereocenters. The first-order valence-corrected chi connectivity index (χ1v) is 7.27. The predicted molar refractivity (Wildman–Crippen MR) is 91.8 cm³/mol. The number of carbonyl (C=O) groups excluding carboxylic acids is 1. The minimum absolute atomic E-state index is 0.165. The molecule has 0 spiro atoms. The van der Waals surface area contributed by atoms with Crippen LogP contribution in [0.25, 0.3) is 0 Å². The number of ether oxygens (including phenoxy) is 1. The lowest BCUT2D eigenvalue weighted by molar-refractivity contribution is 0.102. The van der Waals surface area contributed by atoms with Crippen molar-refractivity contribution in [3.63, 3.8) is 0 Å². The van der Waals surface area contributed by atoms with Crippen LogP contribution in [0.3, 0.4) is 0 Å². The van der Waals surface area contributed by atoms with Crippen molar-refractivity contribution in [2.75, 3.05) is 5.32 Å². The first-order valence-electron chi connectivity index (χ1n) is 7.27. The van der Waals surface area contributed by atoms with Gasteiger partial charge in [0.15, 0.2) is 0 Å². The topological polar surface area (TPSA) is 38.3 Å². The molecule has 0 heterocycles.